The van der Waals surface area contributed by atoms with Gasteiger partial charge in [-0.3, -0.25) is 4.79 Å². The molecule has 0 saturated carbocycles. The first-order chi connectivity index (χ1) is 15.7. The molecule has 2 N–H and O–H groups in total. The van der Waals surface area contributed by atoms with Gasteiger partial charge in [-0.05, 0) is 41.5 Å². The first-order valence-corrected chi connectivity index (χ1v) is 10.4. The molecule has 0 spiro atoms. The van der Waals surface area contributed by atoms with Gasteiger partial charge in [0.15, 0.2) is 18.1 Å². The first-order valence-electron chi connectivity index (χ1n) is 10.4. The van der Waals surface area contributed by atoms with Crippen molar-refractivity contribution in [2.45, 2.75) is 5.92 Å². The van der Waals surface area contributed by atoms with E-state index in [-0.39, 0.29) is 18.4 Å². The third-order valence-electron chi connectivity index (χ3n) is 5.45. The fraction of sp³-hybridized carbons (Fsp3) is 0.192. The van der Waals surface area contributed by atoms with Crippen LogP contribution in [0.4, 0.5) is 0 Å². The highest BCUT2D eigenvalue weighted by Crippen LogP contribution is 2.31. The van der Waals surface area contributed by atoms with E-state index in [1.807, 2.05) is 60.8 Å². The number of carbonyl (C=O) groups is 1. The smallest absolute Gasteiger partial charge is 0.257 e. The summed E-state index contributed by atoms with van der Waals surface area (Å²) in [4.78, 5) is 15.9. The molecule has 4 aromatic rings. The van der Waals surface area contributed by atoms with Crippen LogP contribution >= 0.6 is 0 Å². The zero-order valence-electron chi connectivity index (χ0n) is 18.1. The Labute approximate surface area is 187 Å². The SMILES string of the molecule is COc1ccc([C@@H](CNC(=O)COc2ccccc2OC)c2c[nH]c3ccccc23)cc1. The lowest BCUT2D eigenvalue weighted by molar-refractivity contribution is -0.123. The minimum absolute atomic E-state index is 0.0349. The van der Waals surface area contributed by atoms with Crippen LogP contribution in [-0.2, 0) is 4.79 Å². The van der Waals surface area contributed by atoms with Gasteiger partial charge in [0.05, 0.1) is 14.2 Å². The lowest BCUT2D eigenvalue weighted by Gasteiger charge is -2.19. The van der Waals surface area contributed by atoms with Crippen LogP contribution in [0.2, 0.25) is 0 Å². The lowest BCUT2D eigenvalue weighted by Crippen LogP contribution is -2.32. The van der Waals surface area contributed by atoms with Crippen molar-refractivity contribution in [3.05, 3.63) is 90.1 Å². The molecule has 6 nitrogen and oxygen atoms in total. The summed E-state index contributed by atoms with van der Waals surface area (Å²) in [5, 5.41) is 4.15. The molecule has 3 aromatic carbocycles. The molecule has 0 radical (unpaired) electrons. The van der Waals surface area contributed by atoms with Crippen LogP contribution in [0.15, 0.2) is 79.0 Å². The van der Waals surface area contributed by atoms with Crippen molar-refractivity contribution in [2.24, 2.45) is 0 Å². The summed E-state index contributed by atoms with van der Waals surface area (Å²) in [6.45, 7) is 0.339. The van der Waals surface area contributed by atoms with Gasteiger partial charge in [-0.2, -0.15) is 0 Å². The molecule has 0 saturated heterocycles. The van der Waals surface area contributed by atoms with Crippen molar-refractivity contribution in [3.8, 4) is 17.2 Å². The number of aromatic amines is 1. The van der Waals surface area contributed by atoms with Crippen molar-refractivity contribution >= 4 is 16.8 Å². The van der Waals surface area contributed by atoms with E-state index in [4.69, 9.17) is 14.2 Å². The standard InChI is InChI=1S/C26H26N2O4/c1-30-19-13-11-18(12-14-19)21(22-16-27-23-8-4-3-7-20(22)23)15-28-26(29)17-32-25-10-6-5-9-24(25)31-2/h3-14,16,21,27H,15,17H2,1-2H3,(H,28,29)/t21-/m1/s1. The monoisotopic (exact) mass is 430 g/mol. The zero-order valence-corrected chi connectivity index (χ0v) is 18.1. The molecule has 0 bridgehead atoms. The van der Waals surface area contributed by atoms with Crippen molar-refractivity contribution < 1.29 is 19.0 Å². The predicted octanol–water partition coefficient (Wildman–Crippen LogP) is 4.51. The lowest BCUT2D eigenvalue weighted by atomic mass is 9.91. The molecule has 0 unspecified atom stereocenters. The number of hydrogen-bond acceptors (Lipinski definition) is 4. The van der Waals surface area contributed by atoms with E-state index in [0.717, 1.165) is 27.8 Å². The second-order valence-electron chi connectivity index (χ2n) is 7.36. The van der Waals surface area contributed by atoms with Gasteiger partial charge in [0.2, 0.25) is 0 Å². The van der Waals surface area contributed by atoms with Crippen molar-refractivity contribution in [1.82, 2.24) is 10.3 Å². The minimum Gasteiger partial charge on any atom is -0.497 e. The average molecular weight is 431 g/mol. The third kappa shape index (κ3) is 4.70. The van der Waals surface area contributed by atoms with E-state index in [1.54, 1.807) is 26.4 Å². The van der Waals surface area contributed by atoms with Crippen LogP contribution in [0.5, 0.6) is 17.2 Å². The van der Waals surface area contributed by atoms with E-state index >= 15 is 0 Å². The number of carbonyl (C=O) groups excluding carboxylic acids is 1. The first kappa shape index (κ1) is 21.3. The van der Waals surface area contributed by atoms with Crippen LogP contribution in [0.25, 0.3) is 10.9 Å². The normalized spacial score (nSPS) is 11.7. The molecule has 0 aliphatic heterocycles. The maximum Gasteiger partial charge on any atom is 0.257 e. The Balaban J connectivity index is 1.51. The number of amides is 1. The number of para-hydroxylation sites is 3. The Morgan fingerprint density at radius 2 is 1.62 bits per heavy atom. The molecule has 0 fully saturated rings. The molecule has 1 aromatic heterocycles. The number of rotatable bonds is 9. The largest absolute Gasteiger partial charge is 0.497 e. The van der Waals surface area contributed by atoms with E-state index < -0.39 is 0 Å². The van der Waals surface area contributed by atoms with Gasteiger partial charge < -0.3 is 24.5 Å². The average Bonchev–Trinajstić information content (AvgIpc) is 3.27. The van der Waals surface area contributed by atoms with E-state index in [1.165, 1.54) is 0 Å². The van der Waals surface area contributed by atoms with E-state index in [9.17, 15) is 4.79 Å². The highest BCUT2D eigenvalue weighted by atomic mass is 16.5. The molecule has 4 rings (SSSR count). The van der Waals surface area contributed by atoms with Gasteiger partial charge in [-0.25, -0.2) is 0 Å². The quantitative estimate of drug-likeness (QED) is 0.410. The van der Waals surface area contributed by atoms with Crippen LogP contribution < -0.4 is 19.5 Å². The number of benzene rings is 3. The van der Waals surface area contributed by atoms with E-state index in [2.05, 4.69) is 16.4 Å². The third-order valence-corrected chi connectivity index (χ3v) is 5.45. The molecule has 0 aliphatic rings. The molecule has 6 heteroatoms. The highest BCUT2D eigenvalue weighted by molar-refractivity contribution is 5.84. The summed E-state index contributed by atoms with van der Waals surface area (Å²) in [6, 6.07) is 23.3. The van der Waals surface area contributed by atoms with Gasteiger partial charge in [-0.1, -0.05) is 42.5 Å². The Morgan fingerprint density at radius 3 is 2.38 bits per heavy atom. The summed E-state index contributed by atoms with van der Waals surface area (Å²) >= 11 is 0. The number of methoxy groups -OCH3 is 2. The molecule has 32 heavy (non-hydrogen) atoms. The Morgan fingerprint density at radius 1 is 0.906 bits per heavy atom. The maximum absolute atomic E-state index is 12.6. The maximum atomic E-state index is 12.6. The minimum atomic E-state index is -0.200. The van der Waals surface area contributed by atoms with Gasteiger partial charge in [-0.15, -0.1) is 0 Å². The molecule has 164 valence electrons. The summed E-state index contributed by atoms with van der Waals surface area (Å²) in [5.41, 5.74) is 3.27. The van der Waals surface area contributed by atoms with Gasteiger partial charge >= 0.3 is 0 Å². The van der Waals surface area contributed by atoms with Gasteiger partial charge in [0.1, 0.15) is 5.75 Å². The number of fused-ring (bicyclic) bond motifs is 1. The molecule has 1 atom stereocenters. The molecule has 1 amide bonds. The summed E-state index contributed by atoms with van der Waals surface area (Å²) in [6.07, 6.45) is 2.01. The van der Waals surface area contributed by atoms with Crippen LogP contribution in [0.3, 0.4) is 0 Å². The van der Waals surface area contributed by atoms with Crippen molar-refractivity contribution in [1.29, 1.82) is 0 Å². The second kappa shape index (κ2) is 9.92. The van der Waals surface area contributed by atoms with Crippen molar-refractivity contribution in [3.63, 3.8) is 0 Å². The molecular formula is C26H26N2O4. The number of H-pyrrole nitrogens is 1. The van der Waals surface area contributed by atoms with Gasteiger partial charge in [0.25, 0.3) is 5.91 Å². The van der Waals surface area contributed by atoms with Crippen LogP contribution in [-0.4, -0.2) is 38.3 Å². The fourth-order valence-electron chi connectivity index (χ4n) is 3.77. The Bertz CT molecular complexity index is 1180. The molecule has 0 aliphatic carbocycles. The fourth-order valence-corrected chi connectivity index (χ4v) is 3.77. The Kier molecular flexibility index (Phi) is 6.60. The van der Waals surface area contributed by atoms with Crippen LogP contribution in [0.1, 0.15) is 17.0 Å². The summed E-state index contributed by atoms with van der Waals surface area (Å²) in [5.74, 6) is 1.69. The summed E-state index contributed by atoms with van der Waals surface area (Å²) in [7, 11) is 3.22. The number of aromatic nitrogens is 1. The van der Waals surface area contributed by atoms with Gasteiger partial charge in [0, 0.05) is 29.6 Å². The number of ether oxygens (including phenoxy) is 3. The summed E-state index contributed by atoms with van der Waals surface area (Å²) < 4.78 is 16.2. The highest BCUT2D eigenvalue weighted by Gasteiger charge is 2.19. The zero-order chi connectivity index (χ0) is 22.3. The van der Waals surface area contributed by atoms with Crippen LogP contribution in [0, 0.1) is 0 Å². The van der Waals surface area contributed by atoms with E-state index in [0.29, 0.717) is 18.0 Å². The number of nitrogens with one attached hydrogen (secondary N) is 2. The number of hydrogen-bond donors (Lipinski definition) is 2. The predicted molar refractivity (Wildman–Crippen MR) is 125 cm³/mol. The Hall–Kier alpha value is -3.93. The second-order valence-corrected chi connectivity index (χ2v) is 7.36. The molecular weight excluding hydrogens is 404 g/mol. The topological polar surface area (TPSA) is 72.6 Å². The van der Waals surface area contributed by atoms with Crippen molar-refractivity contribution in [2.75, 3.05) is 27.4 Å². The molecule has 1 heterocycles.